The van der Waals surface area contributed by atoms with E-state index in [4.69, 9.17) is 4.74 Å². The Labute approximate surface area is 90.6 Å². The minimum Gasteiger partial charge on any atom is -0.473 e. The summed E-state index contributed by atoms with van der Waals surface area (Å²) >= 11 is 0. The molecule has 0 bridgehead atoms. The maximum Gasteiger partial charge on any atom is 0.417 e. The van der Waals surface area contributed by atoms with Crippen molar-refractivity contribution in [1.82, 2.24) is 10.3 Å². The normalized spacial score (nSPS) is 21.1. The Balaban J connectivity index is 2.01. The molecular weight excluding hydrogens is 221 g/mol. The van der Waals surface area contributed by atoms with E-state index < -0.39 is 11.7 Å². The maximum atomic E-state index is 12.2. The molecule has 0 aliphatic carbocycles. The van der Waals surface area contributed by atoms with Crippen LogP contribution in [0.4, 0.5) is 13.2 Å². The van der Waals surface area contributed by atoms with E-state index in [1.54, 1.807) is 0 Å². The average Bonchev–Trinajstić information content (AvgIpc) is 2.70. The van der Waals surface area contributed by atoms with E-state index in [1.807, 2.05) is 0 Å². The Kier molecular flexibility index (Phi) is 3.00. The third-order valence-electron chi connectivity index (χ3n) is 2.37. The molecule has 0 saturated carbocycles. The van der Waals surface area contributed by atoms with Gasteiger partial charge in [-0.05, 0) is 19.0 Å². The number of hydrogen-bond donors (Lipinski definition) is 1. The van der Waals surface area contributed by atoms with Crippen molar-refractivity contribution in [2.75, 3.05) is 13.1 Å². The van der Waals surface area contributed by atoms with Gasteiger partial charge in [0.25, 0.3) is 0 Å². The van der Waals surface area contributed by atoms with Crippen molar-refractivity contribution in [3.05, 3.63) is 23.9 Å². The highest BCUT2D eigenvalue weighted by Gasteiger charge is 2.30. The van der Waals surface area contributed by atoms with Crippen molar-refractivity contribution in [3.8, 4) is 5.88 Å². The Morgan fingerprint density at radius 1 is 1.38 bits per heavy atom. The first-order valence-electron chi connectivity index (χ1n) is 4.96. The van der Waals surface area contributed by atoms with Gasteiger partial charge in [0.1, 0.15) is 6.10 Å². The summed E-state index contributed by atoms with van der Waals surface area (Å²) in [6.07, 6.45) is -2.70. The summed E-state index contributed by atoms with van der Waals surface area (Å²) < 4.78 is 42.1. The summed E-state index contributed by atoms with van der Waals surface area (Å²) in [6, 6.07) is 2.23. The van der Waals surface area contributed by atoms with Gasteiger partial charge in [0.05, 0.1) is 5.56 Å². The molecule has 1 aliphatic heterocycles. The Morgan fingerprint density at radius 2 is 2.19 bits per heavy atom. The molecule has 3 nitrogen and oxygen atoms in total. The van der Waals surface area contributed by atoms with Crippen LogP contribution < -0.4 is 10.1 Å². The Hall–Kier alpha value is -1.30. The Bertz CT molecular complexity index is 344. The number of pyridine rings is 1. The molecule has 1 atom stereocenters. The second-order valence-corrected chi connectivity index (χ2v) is 3.62. The van der Waals surface area contributed by atoms with Gasteiger partial charge < -0.3 is 10.1 Å². The third kappa shape index (κ3) is 2.63. The van der Waals surface area contributed by atoms with Gasteiger partial charge in [0.2, 0.25) is 5.88 Å². The van der Waals surface area contributed by atoms with Crippen LogP contribution in [0.5, 0.6) is 5.88 Å². The van der Waals surface area contributed by atoms with E-state index in [0.29, 0.717) is 6.54 Å². The van der Waals surface area contributed by atoms with Crippen LogP contribution in [0.2, 0.25) is 0 Å². The summed E-state index contributed by atoms with van der Waals surface area (Å²) in [6.45, 7) is 1.58. The first-order valence-corrected chi connectivity index (χ1v) is 4.96. The number of ether oxygens (including phenoxy) is 1. The zero-order valence-electron chi connectivity index (χ0n) is 8.42. The molecule has 1 N–H and O–H groups in total. The molecule has 88 valence electrons. The first kappa shape index (κ1) is 11.2. The second-order valence-electron chi connectivity index (χ2n) is 3.62. The molecular formula is C10H11F3N2O. The smallest absolute Gasteiger partial charge is 0.417 e. The van der Waals surface area contributed by atoms with Crippen molar-refractivity contribution in [2.24, 2.45) is 0 Å². The molecule has 0 spiro atoms. The predicted octanol–water partition coefficient (Wildman–Crippen LogP) is 1.84. The van der Waals surface area contributed by atoms with Gasteiger partial charge in [-0.2, -0.15) is 13.2 Å². The molecule has 16 heavy (non-hydrogen) atoms. The molecule has 6 heteroatoms. The first-order chi connectivity index (χ1) is 7.55. The van der Waals surface area contributed by atoms with E-state index >= 15 is 0 Å². The highest BCUT2D eigenvalue weighted by Crippen LogP contribution is 2.29. The molecule has 2 heterocycles. The van der Waals surface area contributed by atoms with E-state index in [1.165, 1.54) is 6.07 Å². The van der Waals surface area contributed by atoms with E-state index in [0.717, 1.165) is 25.2 Å². The van der Waals surface area contributed by atoms with Gasteiger partial charge in [-0.25, -0.2) is 4.98 Å². The molecule has 0 aromatic carbocycles. The van der Waals surface area contributed by atoms with Crippen LogP contribution >= 0.6 is 0 Å². The SMILES string of the molecule is FC(F)(F)c1ccc(O[C@@H]2CCNC2)nc1. The quantitative estimate of drug-likeness (QED) is 0.844. The van der Waals surface area contributed by atoms with Gasteiger partial charge >= 0.3 is 6.18 Å². The fourth-order valence-electron chi connectivity index (χ4n) is 1.52. The number of aromatic nitrogens is 1. The predicted molar refractivity (Wildman–Crippen MR) is 51.1 cm³/mol. The maximum absolute atomic E-state index is 12.2. The minimum atomic E-state index is -4.35. The van der Waals surface area contributed by atoms with Gasteiger partial charge in [-0.1, -0.05) is 0 Å². The molecule has 1 saturated heterocycles. The summed E-state index contributed by atoms with van der Waals surface area (Å²) in [7, 11) is 0. The highest BCUT2D eigenvalue weighted by molar-refractivity contribution is 5.20. The lowest BCUT2D eigenvalue weighted by Gasteiger charge is -2.12. The van der Waals surface area contributed by atoms with Crippen LogP contribution in [0.25, 0.3) is 0 Å². The molecule has 1 aliphatic rings. The topological polar surface area (TPSA) is 34.1 Å². The zero-order valence-corrected chi connectivity index (χ0v) is 8.42. The fourth-order valence-corrected chi connectivity index (χ4v) is 1.52. The number of alkyl halides is 3. The standard InChI is InChI=1S/C10H11F3N2O/c11-10(12,13)7-1-2-9(15-5-7)16-8-3-4-14-6-8/h1-2,5,8,14H,3-4,6H2/t8-/m1/s1. The van der Waals surface area contributed by atoms with Crippen LogP contribution in [0.3, 0.4) is 0 Å². The number of nitrogens with zero attached hydrogens (tertiary/aromatic N) is 1. The molecule has 0 radical (unpaired) electrons. The summed E-state index contributed by atoms with van der Waals surface area (Å²) in [5.41, 5.74) is -0.760. The van der Waals surface area contributed by atoms with Gasteiger partial charge in [-0.3, -0.25) is 0 Å². The number of halogens is 3. The van der Waals surface area contributed by atoms with Gasteiger partial charge in [0.15, 0.2) is 0 Å². The molecule has 0 amide bonds. The fraction of sp³-hybridized carbons (Fsp3) is 0.500. The second kappa shape index (κ2) is 4.29. The number of nitrogens with one attached hydrogen (secondary N) is 1. The molecule has 1 aromatic heterocycles. The van der Waals surface area contributed by atoms with Crippen molar-refractivity contribution >= 4 is 0 Å². The van der Waals surface area contributed by atoms with Crippen molar-refractivity contribution in [2.45, 2.75) is 18.7 Å². The lowest BCUT2D eigenvalue weighted by Crippen LogP contribution is -2.20. The summed E-state index contributed by atoms with van der Waals surface area (Å²) in [5.74, 6) is 0.238. The van der Waals surface area contributed by atoms with E-state index in [-0.39, 0.29) is 12.0 Å². The monoisotopic (exact) mass is 232 g/mol. The minimum absolute atomic E-state index is 0.00392. The van der Waals surface area contributed by atoms with Crippen molar-refractivity contribution in [3.63, 3.8) is 0 Å². The van der Waals surface area contributed by atoms with Crippen LogP contribution in [0.15, 0.2) is 18.3 Å². The van der Waals surface area contributed by atoms with Gasteiger partial charge in [0, 0.05) is 18.8 Å². The average molecular weight is 232 g/mol. The van der Waals surface area contributed by atoms with Crippen molar-refractivity contribution in [1.29, 1.82) is 0 Å². The summed E-state index contributed by atoms with van der Waals surface area (Å²) in [5, 5.41) is 3.10. The highest BCUT2D eigenvalue weighted by atomic mass is 19.4. The largest absolute Gasteiger partial charge is 0.473 e. The molecule has 1 aromatic rings. The van der Waals surface area contributed by atoms with Crippen molar-refractivity contribution < 1.29 is 17.9 Å². The van der Waals surface area contributed by atoms with Crippen LogP contribution in [-0.2, 0) is 6.18 Å². The molecule has 2 rings (SSSR count). The lowest BCUT2D eigenvalue weighted by atomic mass is 10.3. The van der Waals surface area contributed by atoms with Crippen LogP contribution in [0.1, 0.15) is 12.0 Å². The Morgan fingerprint density at radius 3 is 2.69 bits per heavy atom. The van der Waals surface area contributed by atoms with Crippen LogP contribution in [-0.4, -0.2) is 24.2 Å². The van der Waals surface area contributed by atoms with E-state index in [2.05, 4.69) is 10.3 Å². The lowest BCUT2D eigenvalue weighted by molar-refractivity contribution is -0.137. The zero-order chi connectivity index (χ0) is 11.6. The molecule has 0 unspecified atom stereocenters. The number of hydrogen-bond acceptors (Lipinski definition) is 3. The van der Waals surface area contributed by atoms with Crippen LogP contribution in [0, 0.1) is 0 Å². The molecule has 1 fully saturated rings. The third-order valence-corrected chi connectivity index (χ3v) is 2.37. The van der Waals surface area contributed by atoms with Gasteiger partial charge in [-0.15, -0.1) is 0 Å². The number of rotatable bonds is 2. The summed E-state index contributed by atoms with van der Waals surface area (Å²) in [4.78, 5) is 3.64. The van der Waals surface area contributed by atoms with E-state index in [9.17, 15) is 13.2 Å².